The second-order valence-electron chi connectivity index (χ2n) is 3.92. The summed E-state index contributed by atoms with van der Waals surface area (Å²) in [6.45, 7) is 6.03. The monoisotopic (exact) mass is 263 g/mol. The molecule has 1 amide bonds. The van der Waals surface area contributed by atoms with Crippen LogP contribution in [0, 0.1) is 10.1 Å². The zero-order valence-corrected chi connectivity index (χ0v) is 10.8. The SMILES string of the molecule is C=CCNCC(=O)Nc1ccc(CC)c([N+](=O)[O-])c1. The van der Waals surface area contributed by atoms with Crippen LogP contribution in [0.25, 0.3) is 0 Å². The molecule has 0 aliphatic heterocycles. The Bertz CT molecular complexity index is 486. The van der Waals surface area contributed by atoms with E-state index in [1.807, 2.05) is 6.92 Å². The van der Waals surface area contributed by atoms with Crippen molar-refractivity contribution in [3.05, 3.63) is 46.5 Å². The average Bonchev–Trinajstić information content (AvgIpc) is 2.39. The fourth-order valence-corrected chi connectivity index (χ4v) is 1.60. The van der Waals surface area contributed by atoms with Crippen LogP contribution < -0.4 is 10.6 Å². The zero-order chi connectivity index (χ0) is 14.3. The number of hydrogen-bond donors (Lipinski definition) is 2. The first kappa shape index (κ1) is 14.8. The maximum atomic E-state index is 11.5. The lowest BCUT2D eigenvalue weighted by Crippen LogP contribution is -2.28. The van der Waals surface area contributed by atoms with E-state index in [4.69, 9.17) is 0 Å². The number of carbonyl (C=O) groups is 1. The summed E-state index contributed by atoms with van der Waals surface area (Å²) >= 11 is 0. The molecule has 0 aliphatic carbocycles. The van der Waals surface area contributed by atoms with Crippen molar-refractivity contribution in [2.45, 2.75) is 13.3 Å². The number of nitrogens with zero attached hydrogens (tertiary/aromatic N) is 1. The Morgan fingerprint density at radius 3 is 2.84 bits per heavy atom. The Labute approximate surface area is 111 Å². The smallest absolute Gasteiger partial charge is 0.274 e. The minimum atomic E-state index is -0.440. The van der Waals surface area contributed by atoms with Gasteiger partial charge in [0.1, 0.15) is 0 Å². The molecule has 0 aliphatic rings. The summed E-state index contributed by atoms with van der Waals surface area (Å²) < 4.78 is 0. The molecule has 0 fully saturated rings. The molecule has 1 aromatic carbocycles. The molecule has 102 valence electrons. The Balaban J connectivity index is 2.74. The predicted molar refractivity (Wildman–Crippen MR) is 74.2 cm³/mol. The number of nitrogens with one attached hydrogen (secondary N) is 2. The van der Waals surface area contributed by atoms with Crippen molar-refractivity contribution in [2.75, 3.05) is 18.4 Å². The number of carbonyl (C=O) groups excluding carboxylic acids is 1. The van der Waals surface area contributed by atoms with Crippen LogP contribution in [0.4, 0.5) is 11.4 Å². The van der Waals surface area contributed by atoms with E-state index in [-0.39, 0.29) is 18.1 Å². The minimum Gasteiger partial charge on any atom is -0.325 e. The second kappa shape index (κ2) is 7.27. The van der Waals surface area contributed by atoms with E-state index >= 15 is 0 Å². The zero-order valence-electron chi connectivity index (χ0n) is 10.8. The van der Waals surface area contributed by atoms with Gasteiger partial charge in [-0.15, -0.1) is 6.58 Å². The van der Waals surface area contributed by atoms with E-state index < -0.39 is 4.92 Å². The molecule has 6 nitrogen and oxygen atoms in total. The highest BCUT2D eigenvalue weighted by Crippen LogP contribution is 2.23. The summed E-state index contributed by atoms with van der Waals surface area (Å²) in [5.41, 5.74) is 1.10. The molecule has 0 aromatic heterocycles. The van der Waals surface area contributed by atoms with Crippen molar-refractivity contribution in [3.63, 3.8) is 0 Å². The van der Waals surface area contributed by atoms with E-state index in [9.17, 15) is 14.9 Å². The summed E-state index contributed by atoms with van der Waals surface area (Å²) in [5.74, 6) is -0.250. The van der Waals surface area contributed by atoms with Crippen LogP contribution in [-0.2, 0) is 11.2 Å². The van der Waals surface area contributed by atoms with Crippen molar-refractivity contribution >= 4 is 17.3 Å². The van der Waals surface area contributed by atoms with Crippen molar-refractivity contribution in [2.24, 2.45) is 0 Å². The molecule has 0 saturated carbocycles. The summed E-state index contributed by atoms with van der Waals surface area (Å²) in [6.07, 6.45) is 2.22. The molecule has 0 unspecified atom stereocenters. The normalized spacial score (nSPS) is 9.95. The summed E-state index contributed by atoms with van der Waals surface area (Å²) in [6, 6.07) is 4.70. The van der Waals surface area contributed by atoms with E-state index in [0.717, 1.165) is 0 Å². The Morgan fingerprint density at radius 1 is 1.53 bits per heavy atom. The van der Waals surface area contributed by atoms with E-state index in [0.29, 0.717) is 24.2 Å². The third-order valence-electron chi connectivity index (χ3n) is 2.52. The Morgan fingerprint density at radius 2 is 2.26 bits per heavy atom. The van der Waals surface area contributed by atoms with Gasteiger partial charge in [0.15, 0.2) is 0 Å². The highest BCUT2D eigenvalue weighted by molar-refractivity contribution is 5.92. The van der Waals surface area contributed by atoms with Gasteiger partial charge in [-0.3, -0.25) is 14.9 Å². The largest absolute Gasteiger partial charge is 0.325 e. The van der Waals surface area contributed by atoms with Gasteiger partial charge < -0.3 is 10.6 Å². The van der Waals surface area contributed by atoms with Crippen LogP contribution in [0.3, 0.4) is 0 Å². The summed E-state index contributed by atoms with van der Waals surface area (Å²) in [7, 11) is 0. The molecule has 0 bridgehead atoms. The second-order valence-corrected chi connectivity index (χ2v) is 3.92. The molecule has 19 heavy (non-hydrogen) atoms. The highest BCUT2D eigenvalue weighted by Gasteiger charge is 2.13. The van der Waals surface area contributed by atoms with E-state index in [2.05, 4.69) is 17.2 Å². The predicted octanol–water partition coefficient (Wildman–Crippen LogP) is 1.87. The third-order valence-corrected chi connectivity index (χ3v) is 2.52. The quantitative estimate of drug-likeness (QED) is 0.340. The number of amides is 1. The third kappa shape index (κ3) is 4.51. The molecule has 6 heteroatoms. The lowest BCUT2D eigenvalue weighted by molar-refractivity contribution is -0.385. The fourth-order valence-electron chi connectivity index (χ4n) is 1.60. The summed E-state index contributed by atoms with van der Waals surface area (Å²) in [5, 5.41) is 16.4. The molecule has 1 rings (SSSR count). The van der Waals surface area contributed by atoms with Gasteiger partial charge in [-0.05, 0) is 12.5 Å². The average molecular weight is 263 g/mol. The first-order chi connectivity index (χ1) is 9.08. The number of nitro groups is 1. The van der Waals surface area contributed by atoms with Gasteiger partial charge in [0.05, 0.1) is 11.5 Å². The van der Waals surface area contributed by atoms with Crippen molar-refractivity contribution in [1.29, 1.82) is 0 Å². The Kier molecular flexibility index (Phi) is 5.69. The number of anilines is 1. The van der Waals surface area contributed by atoms with Crippen LogP contribution >= 0.6 is 0 Å². The van der Waals surface area contributed by atoms with E-state index in [1.165, 1.54) is 6.07 Å². The van der Waals surface area contributed by atoms with Gasteiger partial charge in [-0.1, -0.05) is 19.1 Å². The van der Waals surface area contributed by atoms with Crippen molar-refractivity contribution in [3.8, 4) is 0 Å². The molecular formula is C13H17N3O3. The number of benzene rings is 1. The first-order valence-electron chi connectivity index (χ1n) is 5.97. The van der Waals surface area contributed by atoms with Gasteiger partial charge in [0.2, 0.25) is 5.91 Å². The molecule has 1 aromatic rings. The first-order valence-corrected chi connectivity index (χ1v) is 5.97. The van der Waals surface area contributed by atoms with Gasteiger partial charge in [-0.25, -0.2) is 0 Å². The number of nitro benzene ring substituents is 1. The lowest BCUT2D eigenvalue weighted by Gasteiger charge is -2.07. The standard InChI is InChI=1S/C13H17N3O3/c1-3-7-14-9-13(17)15-11-6-5-10(4-2)12(8-11)16(18)19/h3,5-6,8,14H,1,4,7,9H2,2H3,(H,15,17). The molecule has 0 radical (unpaired) electrons. The summed E-state index contributed by atoms with van der Waals surface area (Å²) in [4.78, 5) is 22.0. The number of rotatable bonds is 7. The van der Waals surface area contributed by atoms with Crippen molar-refractivity contribution in [1.82, 2.24) is 5.32 Å². The minimum absolute atomic E-state index is 0.0272. The maximum Gasteiger partial charge on any atom is 0.274 e. The molecule has 2 N–H and O–H groups in total. The molecule has 0 spiro atoms. The Hall–Kier alpha value is -2.21. The van der Waals surface area contributed by atoms with Gasteiger partial charge in [0.25, 0.3) is 5.69 Å². The van der Waals surface area contributed by atoms with Gasteiger partial charge >= 0.3 is 0 Å². The highest BCUT2D eigenvalue weighted by atomic mass is 16.6. The molecule has 0 heterocycles. The maximum absolute atomic E-state index is 11.5. The number of aryl methyl sites for hydroxylation is 1. The van der Waals surface area contributed by atoms with Gasteiger partial charge in [-0.2, -0.15) is 0 Å². The van der Waals surface area contributed by atoms with Crippen LogP contribution in [0.2, 0.25) is 0 Å². The lowest BCUT2D eigenvalue weighted by atomic mass is 10.1. The fraction of sp³-hybridized carbons (Fsp3) is 0.308. The van der Waals surface area contributed by atoms with Crippen LogP contribution in [-0.4, -0.2) is 23.9 Å². The van der Waals surface area contributed by atoms with Crippen LogP contribution in [0.5, 0.6) is 0 Å². The van der Waals surface area contributed by atoms with Crippen molar-refractivity contribution < 1.29 is 9.72 Å². The van der Waals surface area contributed by atoms with E-state index in [1.54, 1.807) is 18.2 Å². The molecule has 0 atom stereocenters. The molecule has 0 saturated heterocycles. The van der Waals surface area contributed by atoms with Crippen LogP contribution in [0.1, 0.15) is 12.5 Å². The van der Waals surface area contributed by atoms with Gasteiger partial charge in [0, 0.05) is 23.9 Å². The van der Waals surface area contributed by atoms with Crippen LogP contribution in [0.15, 0.2) is 30.9 Å². The number of hydrogen-bond acceptors (Lipinski definition) is 4. The topological polar surface area (TPSA) is 84.3 Å². The molecular weight excluding hydrogens is 246 g/mol.